The van der Waals surface area contributed by atoms with Gasteiger partial charge < -0.3 is 9.47 Å². The van der Waals surface area contributed by atoms with Crippen LogP contribution in [0.4, 0.5) is 0 Å². The summed E-state index contributed by atoms with van der Waals surface area (Å²) in [4.78, 5) is 12.5. The van der Waals surface area contributed by atoms with E-state index in [0.29, 0.717) is 20.7 Å². The number of para-hydroxylation sites is 1. The third kappa shape index (κ3) is 3.49. The smallest absolute Gasteiger partial charge is 0.210 e. The highest BCUT2D eigenvalue weighted by atomic mass is 79.9. The molecule has 0 saturated carbocycles. The zero-order valence-corrected chi connectivity index (χ0v) is 13.1. The van der Waals surface area contributed by atoms with Crippen LogP contribution in [-0.4, -0.2) is 19.5 Å². The van der Waals surface area contributed by atoms with Crippen LogP contribution in [0, 0.1) is 0 Å². The van der Waals surface area contributed by atoms with Crippen molar-refractivity contribution in [2.45, 2.75) is 0 Å². The average molecular weight is 362 g/mol. The van der Waals surface area contributed by atoms with Crippen LogP contribution in [0.5, 0.6) is 11.5 Å². The molecule has 2 aromatic rings. The molecule has 0 aliphatic heterocycles. The second-order valence-corrected chi connectivity index (χ2v) is 6.16. The Morgan fingerprint density at radius 3 is 2.79 bits per heavy atom. The molecule has 0 aliphatic carbocycles. The fourth-order valence-electron chi connectivity index (χ4n) is 1.46. The second-order valence-electron chi connectivity index (χ2n) is 3.59. The van der Waals surface area contributed by atoms with Crippen LogP contribution in [0.15, 0.2) is 34.8 Å². The molecule has 1 aromatic carbocycles. The number of ketones is 1. The van der Waals surface area contributed by atoms with E-state index in [1.54, 1.807) is 25.3 Å². The lowest BCUT2D eigenvalue weighted by molar-refractivity contribution is 0.0923. The van der Waals surface area contributed by atoms with Crippen LogP contribution in [0.25, 0.3) is 0 Å². The maximum atomic E-state index is 11.9. The van der Waals surface area contributed by atoms with E-state index in [-0.39, 0.29) is 12.4 Å². The normalized spacial score (nSPS) is 10.3. The number of hydrogen-bond donors (Lipinski definition) is 0. The fraction of sp³-hybridized carbons (Fsp3) is 0.154. The predicted molar refractivity (Wildman–Crippen MR) is 79.8 cm³/mol. The number of thiophene rings is 1. The summed E-state index contributed by atoms with van der Waals surface area (Å²) in [6.45, 7) is -0.0597. The van der Waals surface area contributed by atoms with Crippen LogP contribution in [-0.2, 0) is 0 Å². The van der Waals surface area contributed by atoms with Crippen molar-refractivity contribution in [2.24, 2.45) is 0 Å². The van der Waals surface area contributed by atoms with Gasteiger partial charge in [-0.1, -0.05) is 17.7 Å². The molecule has 1 aromatic heterocycles. The summed E-state index contributed by atoms with van der Waals surface area (Å²) in [5, 5.41) is 0. The Morgan fingerprint density at radius 1 is 1.37 bits per heavy atom. The molecule has 0 radical (unpaired) electrons. The van der Waals surface area contributed by atoms with E-state index in [9.17, 15) is 4.79 Å². The first-order chi connectivity index (χ1) is 9.11. The highest BCUT2D eigenvalue weighted by molar-refractivity contribution is 9.10. The van der Waals surface area contributed by atoms with Crippen LogP contribution < -0.4 is 9.47 Å². The molecule has 100 valence electrons. The topological polar surface area (TPSA) is 35.5 Å². The van der Waals surface area contributed by atoms with Crippen molar-refractivity contribution in [1.29, 1.82) is 0 Å². The Morgan fingerprint density at radius 2 is 2.16 bits per heavy atom. The Bertz CT molecular complexity index is 597. The minimum atomic E-state index is -0.116. The van der Waals surface area contributed by atoms with Crippen LogP contribution in [0.2, 0.25) is 4.34 Å². The Labute approximate surface area is 128 Å². The molecule has 0 spiro atoms. The van der Waals surface area contributed by atoms with Crippen LogP contribution in [0.3, 0.4) is 0 Å². The molecule has 0 fully saturated rings. The van der Waals surface area contributed by atoms with Gasteiger partial charge in [-0.25, -0.2) is 0 Å². The summed E-state index contributed by atoms with van der Waals surface area (Å²) >= 11 is 10.4. The lowest BCUT2D eigenvalue weighted by atomic mass is 10.3. The Hall–Kier alpha value is -1.04. The zero-order chi connectivity index (χ0) is 13.8. The number of ether oxygens (including phenoxy) is 2. The molecule has 0 bridgehead atoms. The number of rotatable bonds is 5. The van der Waals surface area contributed by atoms with Crippen molar-refractivity contribution >= 4 is 44.7 Å². The van der Waals surface area contributed by atoms with Gasteiger partial charge in [0.25, 0.3) is 0 Å². The molecule has 19 heavy (non-hydrogen) atoms. The van der Waals surface area contributed by atoms with Crippen molar-refractivity contribution in [3.05, 3.63) is 44.0 Å². The lowest BCUT2D eigenvalue weighted by Gasteiger charge is -2.11. The summed E-state index contributed by atoms with van der Waals surface area (Å²) in [6, 6.07) is 8.81. The van der Waals surface area contributed by atoms with Gasteiger partial charge in [-0.2, -0.15) is 0 Å². The van der Waals surface area contributed by atoms with Crippen LogP contribution in [0.1, 0.15) is 9.67 Å². The minimum Gasteiger partial charge on any atom is -0.493 e. The first kappa shape index (κ1) is 14.4. The van der Waals surface area contributed by atoms with E-state index in [0.717, 1.165) is 4.47 Å². The van der Waals surface area contributed by atoms with Crippen molar-refractivity contribution in [3.63, 3.8) is 0 Å². The second kappa shape index (κ2) is 6.41. The summed E-state index contributed by atoms with van der Waals surface area (Å²) in [5.74, 6) is 0.974. The molecular formula is C13H10BrClO3S. The first-order valence-electron chi connectivity index (χ1n) is 5.35. The van der Waals surface area contributed by atoms with Crippen molar-refractivity contribution in [1.82, 2.24) is 0 Å². The van der Waals surface area contributed by atoms with Gasteiger partial charge in [0.2, 0.25) is 5.78 Å². The van der Waals surface area contributed by atoms with Gasteiger partial charge in [0.1, 0.15) is 0 Å². The van der Waals surface area contributed by atoms with Crippen molar-refractivity contribution in [2.75, 3.05) is 13.7 Å². The van der Waals surface area contributed by atoms with Gasteiger partial charge in [0.15, 0.2) is 18.1 Å². The highest BCUT2D eigenvalue weighted by Crippen LogP contribution is 2.35. The lowest BCUT2D eigenvalue weighted by Crippen LogP contribution is -2.10. The number of methoxy groups -OCH3 is 1. The maximum Gasteiger partial charge on any atom is 0.210 e. The largest absolute Gasteiger partial charge is 0.493 e. The Balaban J connectivity index is 2.09. The molecule has 0 saturated heterocycles. The molecule has 0 aliphatic rings. The molecular weight excluding hydrogens is 352 g/mol. The summed E-state index contributed by atoms with van der Waals surface area (Å²) in [7, 11) is 1.55. The summed E-state index contributed by atoms with van der Waals surface area (Å²) < 4.78 is 12.0. The van der Waals surface area contributed by atoms with Gasteiger partial charge >= 0.3 is 0 Å². The molecule has 3 nitrogen and oxygen atoms in total. The number of Topliss-reactive ketones (excluding diaryl/α,β-unsaturated/α-hetero) is 1. The monoisotopic (exact) mass is 360 g/mol. The van der Waals surface area contributed by atoms with E-state index < -0.39 is 0 Å². The minimum absolute atomic E-state index is 0.0597. The van der Waals surface area contributed by atoms with E-state index in [4.69, 9.17) is 21.1 Å². The van der Waals surface area contributed by atoms with Gasteiger partial charge in [0.05, 0.1) is 20.8 Å². The van der Waals surface area contributed by atoms with Crippen molar-refractivity contribution in [3.8, 4) is 11.5 Å². The molecule has 2 rings (SSSR count). The van der Waals surface area contributed by atoms with E-state index in [1.165, 1.54) is 11.3 Å². The molecule has 0 amide bonds. The standard InChI is InChI=1S/C13H10BrClO3S/c1-17-10-4-2-3-8(14)13(10)18-7-9(16)11-5-6-12(15)19-11/h2-6H,7H2,1H3. The summed E-state index contributed by atoms with van der Waals surface area (Å²) in [5.41, 5.74) is 0. The van der Waals surface area contributed by atoms with E-state index in [1.807, 2.05) is 12.1 Å². The third-order valence-electron chi connectivity index (χ3n) is 2.35. The van der Waals surface area contributed by atoms with Crippen LogP contribution >= 0.6 is 38.9 Å². The third-order valence-corrected chi connectivity index (χ3v) is 4.24. The number of carbonyl (C=O) groups excluding carboxylic acids is 1. The van der Waals surface area contributed by atoms with Crippen molar-refractivity contribution < 1.29 is 14.3 Å². The quantitative estimate of drug-likeness (QED) is 0.739. The van der Waals surface area contributed by atoms with E-state index >= 15 is 0 Å². The molecule has 0 N–H and O–H groups in total. The molecule has 0 unspecified atom stereocenters. The molecule has 0 atom stereocenters. The highest BCUT2D eigenvalue weighted by Gasteiger charge is 2.13. The van der Waals surface area contributed by atoms with Gasteiger partial charge in [-0.3, -0.25) is 4.79 Å². The molecule has 6 heteroatoms. The fourth-order valence-corrected chi connectivity index (χ4v) is 2.89. The summed E-state index contributed by atoms with van der Waals surface area (Å²) in [6.07, 6.45) is 0. The van der Waals surface area contributed by atoms with Gasteiger partial charge in [-0.05, 0) is 40.2 Å². The van der Waals surface area contributed by atoms with E-state index in [2.05, 4.69) is 15.9 Å². The zero-order valence-electron chi connectivity index (χ0n) is 9.98. The molecule has 1 heterocycles. The average Bonchev–Trinajstić information content (AvgIpc) is 2.83. The number of benzene rings is 1. The Kier molecular flexibility index (Phi) is 4.85. The SMILES string of the molecule is COc1cccc(Br)c1OCC(=O)c1ccc(Cl)s1. The van der Waals surface area contributed by atoms with Gasteiger partial charge in [-0.15, -0.1) is 11.3 Å². The number of carbonyl (C=O) groups is 1. The maximum absolute atomic E-state index is 11.9. The number of hydrogen-bond acceptors (Lipinski definition) is 4. The first-order valence-corrected chi connectivity index (χ1v) is 7.34. The van der Waals surface area contributed by atoms with Gasteiger partial charge in [0, 0.05) is 0 Å². The predicted octanol–water partition coefficient (Wildman–Crippen LogP) is 4.43. The number of halogens is 2.